The molecule has 98 valence electrons. The Morgan fingerprint density at radius 2 is 2.00 bits per heavy atom. The quantitative estimate of drug-likeness (QED) is 0.923. The molecular formula is C12H8ClN2O3S-. The van der Waals surface area contributed by atoms with E-state index in [1.165, 1.54) is 0 Å². The van der Waals surface area contributed by atoms with Crippen LogP contribution in [-0.2, 0) is 11.2 Å². The number of aliphatic carboxylic acids is 1. The lowest BCUT2D eigenvalue weighted by molar-refractivity contribution is -0.304. The highest BCUT2D eigenvalue weighted by molar-refractivity contribution is 7.14. The molecule has 0 aliphatic carbocycles. The number of halogens is 1. The number of aromatic nitrogens is 1. The van der Waals surface area contributed by atoms with Crippen LogP contribution >= 0.6 is 22.9 Å². The van der Waals surface area contributed by atoms with Gasteiger partial charge in [-0.2, -0.15) is 0 Å². The zero-order chi connectivity index (χ0) is 13.8. The van der Waals surface area contributed by atoms with Gasteiger partial charge in [0, 0.05) is 28.4 Å². The van der Waals surface area contributed by atoms with Gasteiger partial charge < -0.3 is 9.90 Å². The molecule has 5 nitrogen and oxygen atoms in total. The Morgan fingerprint density at radius 3 is 2.63 bits per heavy atom. The first-order chi connectivity index (χ1) is 9.04. The summed E-state index contributed by atoms with van der Waals surface area (Å²) in [4.78, 5) is 26.2. The average molecular weight is 296 g/mol. The fraction of sp³-hybridized carbons (Fsp3) is 0.0833. The van der Waals surface area contributed by atoms with Crippen LogP contribution in [0.3, 0.4) is 0 Å². The van der Waals surface area contributed by atoms with E-state index >= 15 is 0 Å². The van der Waals surface area contributed by atoms with Crippen molar-refractivity contribution in [2.45, 2.75) is 6.42 Å². The molecule has 0 atom stereocenters. The van der Waals surface area contributed by atoms with Gasteiger partial charge in [0.15, 0.2) is 5.13 Å². The van der Waals surface area contributed by atoms with Crippen molar-refractivity contribution < 1.29 is 14.7 Å². The number of carbonyl (C=O) groups excluding carboxylic acids is 2. The van der Waals surface area contributed by atoms with E-state index in [2.05, 4.69) is 10.3 Å². The number of benzene rings is 1. The van der Waals surface area contributed by atoms with E-state index in [0.717, 1.165) is 11.3 Å². The monoisotopic (exact) mass is 295 g/mol. The lowest BCUT2D eigenvalue weighted by atomic mass is 10.2. The van der Waals surface area contributed by atoms with E-state index in [4.69, 9.17) is 11.6 Å². The zero-order valence-electron chi connectivity index (χ0n) is 9.55. The van der Waals surface area contributed by atoms with Crippen LogP contribution in [0.1, 0.15) is 16.1 Å². The van der Waals surface area contributed by atoms with Gasteiger partial charge in [0.2, 0.25) is 0 Å². The summed E-state index contributed by atoms with van der Waals surface area (Å²) < 4.78 is 0. The SMILES string of the molecule is O=C([O-])Cc1csc(NC(=O)c2ccc(Cl)cc2)n1. The summed E-state index contributed by atoms with van der Waals surface area (Å²) in [5.41, 5.74) is 0.803. The third-order valence-corrected chi connectivity index (χ3v) is 3.26. The van der Waals surface area contributed by atoms with Crippen molar-refractivity contribution in [2.24, 2.45) is 0 Å². The number of hydrogen-bond donors (Lipinski definition) is 1. The summed E-state index contributed by atoms with van der Waals surface area (Å²) in [6.45, 7) is 0. The van der Waals surface area contributed by atoms with Crippen LogP contribution in [0.4, 0.5) is 5.13 Å². The molecule has 2 aromatic rings. The highest BCUT2D eigenvalue weighted by Crippen LogP contribution is 2.17. The van der Waals surface area contributed by atoms with Crippen LogP contribution in [-0.4, -0.2) is 16.9 Å². The van der Waals surface area contributed by atoms with E-state index in [-0.39, 0.29) is 12.3 Å². The molecule has 7 heteroatoms. The maximum absolute atomic E-state index is 11.8. The van der Waals surface area contributed by atoms with Gasteiger partial charge in [-0.3, -0.25) is 10.1 Å². The second-order valence-electron chi connectivity index (χ2n) is 3.65. The molecule has 0 saturated heterocycles. The Balaban J connectivity index is 2.04. The van der Waals surface area contributed by atoms with Crippen LogP contribution in [0.2, 0.25) is 5.02 Å². The van der Waals surface area contributed by atoms with Crippen molar-refractivity contribution in [1.29, 1.82) is 0 Å². The lowest BCUT2D eigenvalue weighted by Gasteiger charge is -2.01. The van der Waals surface area contributed by atoms with Crippen molar-refractivity contribution >= 4 is 39.9 Å². The molecule has 0 aliphatic heterocycles. The Kier molecular flexibility index (Phi) is 4.13. The molecule has 0 unspecified atom stereocenters. The Labute approximate surface area is 117 Å². The second-order valence-corrected chi connectivity index (χ2v) is 4.95. The average Bonchev–Trinajstić information content (AvgIpc) is 2.76. The van der Waals surface area contributed by atoms with Crippen molar-refractivity contribution in [3.05, 3.63) is 45.9 Å². The smallest absolute Gasteiger partial charge is 0.257 e. The van der Waals surface area contributed by atoms with Crippen molar-refractivity contribution in [1.82, 2.24) is 4.98 Å². The van der Waals surface area contributed by atoms with Crippen LogP contribution in [0.25, 0.3) is 0 Å². The minimum atomic E-state index is -1.21. The first kappa shape index (κ1) is 13.5. The standard InChI is InChI=1S/C12H9ClN2O3S/c13-8-3-1-7(2-4-8)11(18)15-12-14-9(6-19-12)5-10(16)17/h1-4,6H,5H2,(H,16,17)(H,14,15,18)/p-1. The van der Waals surface area contributed by atoms with Crippen LogP contribution in [0, 0.1) is 0 Å². The molecule has 0 radical (unpaired) electrons. The highest BCUT2D eigenvalue weighted by atomic mass is 35.5. The number of amides is 1. The van der Waals surface area contributed by atoms with Gasteiger partial charge in [-0.1, -0.05) is 11.6 Å². The van der Waals surface area contributed by atoms with Crippen LogP contribution in [0.5, 0.6) is 0 Å². The summed E-state index contributed by atoms with van der Waals surface area (Å²) in [6, 6.07) is 6.40. The largest absolute Gasteiger partial charge is 0.550 e. The Hall–Kier alpha value is -1.92. The summed E-state index contributed by atoms with van der Waals surface area (Å²) >= 11 is 6.88. The van der Waals surface area contributed by atoms with Gasteiger partial charge in [0.05, 0.1) is 5.69 Å². The van der Waals surface area contributed by atoms with Gasteiger partial charge >= 0.3 is 0 Å². The number of nitrogens with zero attached hydrogens (tertiary/aromatic N) is 1. The second kappa shape index (κ2) is 5.81. The first-order valence-electron chi connectivity index (χ1n) is 5.26. The molecule has 1 heterocycles. The van der Waals surface area contributed by atoms with Crippen molar-refractivity contribution in [3.8, 4) is 0 Å². The first-order valence-corrected chi connectivity index (χ1v) is 6.51. The molecule has 1 amide bonds. The Morgan fingerprint density at radius 1 is 1.32 bits per heavy atom. The molecular weight excluding hydrogens is 288 g/mol. The zero-order valence-corrected chi connectivity index (χ0v) is 11.1. The number of carbonyl (C=O) groups is 2. The fourth-order valence-electron chi connectivity index (χ4n) is 1.36. The number of thiazole rings is 1. The van der Waals surface area contributed by atoms with Gasteiger partial charge in [-0.05, 0) is 24.3 Å². The predicted octanol–water partition coefficient (Wildman–Crippen LogP) is 1.34. The summed E-state index contributed by atoms with van der Waals surface area (Å²) in [6.07, 6.45) is -0.271. The third-order valence-electron chi connectivity index (χ3n) is 2.20. The van der Waals surface area contributed by atoms with E-state index in [9.17, 15) is 14.7 Å². The summed E-state index contributed by atoms with van der Waals surface area (Å²) in [5.74, 6) is -1.54. The normalized spacial score (nSPS) is 10.2. The maximum Gasteiger partial charge on any atom is 0.257 e. The number of anilines is 1. The minimum Gasteiger partial charge on any atom is -0.550 e. The molecule has 0 saturated carbocycles. The van der Waals surface area contributed by atoms with E-state index in [1.807, 2.05) is 0 Å². The third kappa shape index (κ3) is 3.77. The van der Waals surface area contributed by atoms with Gasteiger partial charge in [0.1, 0.15) is 0 Å². The molecule has 0 fully saturated rings. The van der Waals surface area contributed by atoms with E-state index < -0.39 is 5.97 Å². The Bertz CT molecular complexity index is 610. The number of nitrogens with one attached hydrogen (secondary N) is 1. The number of rotatable bonds is 4. The van der Waals surface area contributed by atoms with Gasteiger partial charge in [0.25, 0.3) is 5.91 Å². The van der Waals surface area contributed by atoms with Crippen LogP contribution < -0.4 is 10.4 Å². The van der Waals surface area contributed by atoms with E-state index in [1.54, 1.807) is 29.6 Å². The predicted molar refractivity (Wildman–Crippen MR) is 70.2 cm³/mol. The molecule has 0 aliphatic rings. The van der Waals surface area contributed by atoms with Crippen molar-refractivity contribution in [3.63, 3.8) is 0 Å². The maximum atomic E-state index is 11.8. The number of hydrogen-bond acceptors (Lipinski definition) is 5. The van der Waals surface area contributed by atoms with Crippen molar-refractivity contribution in [2.75, 3.05) is 5.32 Å². The van der Waals surface area contributed by atoms with Gasteiger partial charge in [-0.15, -0.1) is 11.3 Å². The lowest BCUT2D eigenvalue weighted by Crippen LogP contribution is -2.24. The number of carboxylic acid groups (broad SMARTS) is 1. The molecule has 19 heavy (non-hydrogen) atoms. The number of carboxylic acids is 1. The molecule has 1 aromatic carbocycles. The molecule has 1 aromatic heterocycles. The summed E-state index contributed by atoms with van der Waals surface area (Å²) in [7, 11) is 0. The minimum absolute atomic E-state index is 0.271. The topological polar surface area (TPSA) is 82.1 Å². The summed E-state index contributed by atoms with van der Waals surface area (Å²) in [5, 5.41) is 15.4. The molecule has 0 bridgehead atoms. The fourth-order valence-corrected chi connectivity index (χ4v) is 2.20. The van der Waals surface area contributed by atoms with Crippen LogP contribution in [0.15, 0.2) is 29.6 Å². The van der Waals surface area contributed by atoms with E-state index in [0.29, 0.717) is 21.4 Å². The molecule has 2 rings (SSSR count). The molecule has 0 spiro atoms. The highest BCUT2D eigenvalue weighted by Gasteiger charge is 2.09. The molecule has 1 N–H and O–H groups in total. The van der Waals surface area contributed by atoms with Gasteiger partial charge in [-0.25, -0.2) is 4.98 Å².